The maximum absolute atomic E-state index is 11.7. The summed E-state index contributed by atoms with van der Waals surface area (Å²) in [5, 5.41) is 4.50. The molecular formula is C16H21ClN2O4. The molecule has 1 N–H and O–H groups in total. The van der Waals surface area contributed by atoms with Crippen LogP contribution in [0.15, 0.2) is 23.3 Å². The van der Waals surface area contributed by atoms with Crippen molar-refractivity contribution >= 4 is 29.2 Å². The van der Waals surface area contributed by atoms with E-state index >= 15 is 0 Å². The molecule has 1 amide bonds. The molecule has 23 heavy (non-hydrogen) atoms. The molecule has 0 spiro atoms. The number of hydrogen-bond acceptors (Lipinski definition) is 5. The second-order valence-electron chi connectivity index (χ2n) is 4.96. The van der Waals surface area contributed by atoms with Crippen LogP contribution in [0.5, 0.6) is 5.75 Å². The smallest absolute Gasteiger partial charge is 0.314 e. The van der Waals surface area contributed by atoms with E-state index < -0.39 is 11.8 Å². The number of carbonyl (C=O) groups excluding carboxylic acids is 2. The van der Waals surface area contributed by atoms with E-state index in [-0.39, 0.29) is 12.6 Å². The lowest BCUT2D eigenvalue weighted by Crippen LogP contribution is -2.28. The van der Waals surface area contributed by atoms with Gasteiger partial charge in [0.1, 0.15) is 5.75 Å². The Morgan fingerprint density at radius 3 is 2.70 bits per heavy atom. The van der Waals surface area contributed by atoms with Crippen LogP contribution in [0.2, 0.25) is 5.02 Å². The van der Waals surface area contributed by atoms with Gasteiger partial charge in [-0.25, -0.2) is 5.43 Å². The van der Waals surface area contributed by atoms with Crippen molar-refractivity contribution in [2.45, 2.75) is 27.7 Å². The van der Waals surface area contributed by atoms with Crippen molar-refractivity contribution in [2.24, 2.45) is 11.0 Å². The summed E-state index contributed by atoms with van der Waals surface area (Å²) >= 11 is 5.85. The number of halogens is 1. The third-order valence-corrected chi connectivity index (χ3v) is 3.35. The van der Waals surface area contributed by atoms with Crippen LogP contribution in [0, 0.1) is 12.8 Å². The predicted molar refractivity (Wildman–Crippen MR) is 88.7 cm³/mol. The third kappa shape index (κ3) is 6.28. The van der Waals surface area contributed by atoms with E-state index in [1.54, 1.807) is 39.0 Å². The van der Waals surface area contributed by atoms with E-state index in [0.717, 1.165) is 5.56 Å². The number of carbonyl (C=O) groups is 2. The molecule has 0 heterocycles. The van der Waals surface area contributed by atoms with Crippen molar-refractivity contribution in [3.8, 4) is 5.75 Å². The van der Waals surface area contributed by atoms with Gasteiger partial charge in [0.25, 0.3) is 5.91 Å². The number of amides is 1. The third-order valence-electron chi connectivity index (χ3n) is 3.12. The first kappa shape index (κ1) is 19.0. The topological polar surface area (TPSA) is 77.0 Å². The van der Waals surface area contributed by atoms with Gasteiger partial charge in [-0.05, 0) is 51.5 Å². The van der Waals surface area contributed by atoms with Crippen molar-refractivity contribution in [1.82, 2.24) is 5.43 Å². The van der Waals surface area contributed by atoms with Gasteiger partial charge in [0.05, 0.1) is 12.5 Å². The molecule has 0 fully saturated rings. The summed E-state index contributed by atoms with van der Waals surface area (Å²) in [6, 6.07) is 5.13. The van der Waals surface area contributed by atoms with Gasteiger partial charge in [-0.15, -0.1) is 0 Å². The Morgan fingerprint density at radius 1 is 1.39 bits per heavy atom. The van der Waals surface area contributed by atoms with Gasteiger partial charge in [-0.1, -0.05) is 11.6 Å². The maximum Gasteiger partial charge on any atom is 0.314 e. The number of ether oxygens (including phenoxy) is 2. The lowest BCUT2D eigenvalue weighted by Gasteiger charge is -2.11. The zero-order chi connectivity index (χ0) is 17.4. The minimum atomic E-state index is -0.519. The van der Waals surface area contributed by atoms with Gasteiger partial charge in [-0.3, -0.25) is 9.59 Å². The second kappa shape index (κ2) is 9.15. The monoisotopic (exact) mass is 340 g/mol. The Balaban J connectivity index is 2.50. The van der Waals surface area contributed by atoms with Crippen LogP contribution < -0.4 is 10.2 Å². The fourth-order valence-corrected chi connectivity index (χ4v) is 1.86. The Kier molecular flexibility index (Phi) is 7.54. The molecule has 1 aromatic carbocycles. The number of nitrogens with one attached hydrogen (secondary N) is 1. The van der Waals surface area contributed by atoms with Crippen molar-refractivity contribution in [3.05, 3.63) is 28.8 Å². The number of benzene rings is 1. The highest BCUT2D eigenvalue weighted by Crippen LogP contribution is 2.21. The fourth-order valence-electron chi connectivity index (χ4n) is 1.64. The zero-order valence-electron chi connectivity index (χ0n) is 13.7. The first-order valence-electron chi connectivity index (χ1n) is 7.23. The molecule has 0 saturated carbocycles. The number of aryl methyl sites for hydroxylation is 1. The van der Waals surface area contributed by atoms with Gasteiger partial charge in [0, 0.05) is 10.7 Å². The zero-order valence-corrected chi connectivity index (χ0v) is 14.4. The molecule has 0 aromatic heterocycles. The van der Waals surface area contributed by atoms with Crippen molar-refractivity contribution in [3.63, 3.8) is 0 Å². The van der Waals surface area contributed by atoms with E-state index in [1.165, 1.54) is 0 Å². The summed E-state index contributed by atoms with van der Waals surface area (Å²) in [4.78, 5) is 23.3. The van der Waals surface area contributed by atoms with E-state index in [0.29, 0.717) is 23.1 Å². The largest absolute Gasteiger partial charge is 0.483 e. The van der Waals surface area contributed by atoms with E-state index in [2.05, 4.69) is 10.5 Å². The van der Waals surface area contributed by atoms with Crippen molar-refractivity contribution in [1.29, 1.82) is 0 Å². The van der Waals surface area contributed by atoms with Crippen molar-refractivity contribution < 1.29 is 19.1 Å². The van der Waals surface area contributed by atoms with Crippen LogP contribution >= 0.6 is 11.6 Å². The van der Waals surface area contributed by atoms with E-state index in [9.17, 15) is 9.59 Å². The van der Waals surface area contributed by atoms with Gasteiger partial charge in [0.2, 0.25) is 0 Å². The van der Waals surface area contributed by atoms with Gasteiger partial charge in [-0.2, -0.15) is 5.10 Å². The predicted octanol–water partition coefficient (Wildman–Crippen LogP) is 2.72. The molecule has 0 saturated heterocycles. The Morgan fingerprint density at radius 2 is 2.09 bits per heavy atom. The summed E-state index contributed by atoms with van der Waals surface area (Å²) in [5.74, 6) is -0.745. The van der Waals surface area contributed by atoms with Crippen LogP contribution in [-0.2, 0) is 14.3 Å². The molecule has 0 aliphatic heterocycles. The normalized spacial score (nSPS) is 12.5. The lowest BCUT2D eigenvalue weighted by atomic mass is 10.1. The van der Waals surface area contributed by atoms with Crippen LogP contribution in [0.3, 0.4) is 0 Å². The molecule has 1 rings (SSSR count). The standard InChI is InChI=1S/C16H21ClN2O4/c1-5-22-16(21)11(3)12(4)18-19-15(20)9-23-14-7-6-13(17)8-10(14)2/h6-8,11H,5,9H2,1-4H3,(H,19,20)/b18-12+. The van der Waals surface area contributed by atoms with E-state index in [1.807, 2.05) is 6.92 Å². The Bertz CT molecular complexity index is 602. The minimum Gasteiger partial charge on any atom is -0.483 e. The fraction of sp³-hybridized carbons (Fsp3) is 0.438. The molecule has 0 bridgehead atoms. The Labute approximate surface area is 140 Å². The first-order valence-corrected chi connectivity index (χ1v) is 7.61. The Hall–Kier alpha value is -2.08. The molecule has 0 aliphatic rings. The van der Waals surface area contributed by atoms with Gasteiger partial charge >= 0.3 is 5.97 Å². The summed E-state index contributed by atoms with van der Waals surface area (Å²) < 4.78 is 10.3. The summed E-state index contributed by atoms with van der Waals surface area (Å²) in [5.41, 5.74) is 3.64. The lowest BCUT2D eigenvalue weighted by molar-refractivity contribution is -0.145. The molecule has 7 heteroatoms. The highest BCUT2D eigenvalue weighted by Gasteiger charge is 2.17. The molecule has 0 aliphatic carbocycles. The first-order chi connectivity index (χ1) is 10.8. The maximum atomic E-state index is 11.7. The van der Waals surface area contributed by atoms with E-state index in [4.69, 9.17) is 21.1 Å². The number of rotatable bonds is 7. The quantitative estimate of drug-likeness (QED) is 0.470. The number of hydrogen-bond donors (Lipinski definition) is 1. The van der Waals surface area contributed by atoms with Crippen molar-refractivity contribution in [2.75, 3.05) is 13.2 Å². The average molecular weight is 341 g/mol. The molecular weight excluding hydrogens is 320 g/mol. The number of hydrazone groups is 1. The van der Waals surface area contributed by atoms with Crippen LogP contribution in [-0.4, -0.2) is 30.8 Å². The highest BCUT2D eigenvalue weighted by molar-refractivity contribution is 6.30. The number of esters is 1. The minimum absolute atomic E-state index is 0.187. The van der Waals surface area contributed by atoms with Gasteiger partial charge < -0.3 is 9.47 Å². The van der Waals surface area contributed by atoms with Crippen LogP contribution in [0.25, 0.3) is 0 Å². The molecule has 6 nitrogen and oxygen atoms in total. The molecule has 1 atom stereocenters. The summed E-state index contributed by atoms with van der Waals surface area (Å²) in [6.45, 7) is 6.99. The summed E-state index contributed by atoms with van der Waals surface area (Å²) in [6.07, 6.45) is 0. The molecule has 0 radical (unpaired) electrons. The summed E-state index contributed by atoms with van der Waals surface area (Å²) in [7, 11) is 0. The average Bonchev–Trinajstić information content (AvgIpc) is 2.51. The molecule has 126 valence electrons. The van der Waals surface area contributed by atoms with Crippen LogP contribution in [0.4, 0.5) is 0 Å². The van der Waals surface area contributed by atoms with Gasteiger partial charge in [0.15, 0.2) is 6.61 Å². The highest BCUT2D eigenvalue weighted by atomic mass is 35.5. The number of nitrogens with zero attached hydrogens (tertiary/aromatic N) is 1. The SMILES string of the molecule is CCOC(=O)C(C)/C(C)=N/NC(=O)COc1ccc(Cl)cc1C. The second-order valence-corrected chi connectivity index (χ2v) is 5.40. The molecule has 1 aromatic rings. The van der Waals surface area contributed by atoms with Crippen LogP contribution in [0.1, 0.15) is 26.3 Å². The molecule has 1 unspecified atom stereocenters.